The van der Waals surface area contributed by atoms with Gasteiger partial charge < -0.3 is 14.9 Å². The summed E-state index contributed by atoms with van der Waals surface area (Å²) in [5.41, 5.74) is -0.507. The average Bonchev–Trinajstić information content (AvgIpc) is 2.57. The lowest BCUT2D eigenvalue weighted by Gasteiger charge is -2.60. The van der Waals surface area contributed by atoms with Gasteiger partial charge in [-0.1, -0.05) is 33.3 Å². The number of ether oxygens (including phenoxy) is 1. The first-order valence-corrected chi connectivity index (χ1v) is 9.80. The van der Waals surface area contributed by atoms with E-state index in [4.69, 9.17) is 4.74 Å². The Morgan fingerprint density at radius 2 is 1.96 bits per heavy atom. The van der Waals surface area contributed by atoms with Crippen molar-refractivity contribution in [3.05, 3.63) is 11.6 Å². The third-order valence-electron chi connectivity index (χ3n) is 8.04. The molecule has 6 atom stereocenters. The predicted octanol–water partition coefficient (Wildman–Crippen LogP) is 3.46. The fourth-order valence-corrected chi connectivity index (χ4v) is 6.32. The monoisotopic (exact) mass is 350 g/mol. The Hall–Kier alpha value is -0.870. The van der Waals surface area contributed by atoms with E-state index in [1.54, 1.807) is 0 Å². The first-order valence-electron chi connectivity index (χ1n) is 9.80. The standard InChI is InChI=1S/C21H34O4/c1-13(2)21(24)12-9-15-14(17(21)22)7-8-16-19(15,3)10-6-11-20(16,4)18(23)25-5/h7,13,15-17,22,24H,6,8-12H2,1-5H3/t15?,16?,17-,19-,20-,21-/m1/s1. The van der Waals surface area contributed by atoms with Gasteiger partial charge in [0.1, 0.15) is 6.10 Å². The Morgan fingerprint density at radius 1 is 1.28 bits per heavy atom. The van der Waals surface area contributed by atoms with E-state index in [1.165, 1.54) is 7.11 Å². The molecule has 25 heavy (non-hydrogen) atoms. The van der Waals surface area contributed by atoms with Crippen LogP contribution in [0, 0.1) is 28.6 Å². The minimum atomic E-state index is -1.04. The van der Waals surface area contributed by atoms with Crippen molar-refractivity contribution in [1.82, 2.24) is 0 Å². The summed E-state index contributed by atoms with van der Waals surface area (Å²) in [5.74, 6) is 0.383. The molecule has 0 amide bonds. The van der Waals surface area contributed by atoms with Gasteiger partial charge in [-0.3, -0.25) is 4.79 Å². The largest absolute Gasteiger partial charge is 0.469 e. The van der Waals surface area contributed by atoms with Gasteiger partial charge in [-0.25, -0.2) is 0 Å². The molecule has 0 saturated heterocycles. The van der Waals surface area contributed by atoms with Crippen LogP contribution in [0.1, 0.15) is 66.2 Å². The maximum Gasteiger partial charge on any atom is 0.311 e. The molecule has 0 aliphatic heterocycles. The summed E-state index contributed by atoms with van der Waals surface area (Å²) in [5, 5.41) is 22.0. The number of hydrogen-bond donors (Lipinski definition) is 2. The van der Waals surface area contributed by atoms with Crippen LogP contribution in [0.5, 0.6) is 0 Å². The summed E-state index contributed by atoms with van der Waals surface area (Å²) in [6.07, 6.45) is 6.54. The Kier molecular flexibility index (Phi) is 4.61. The maximum atomic E-state index is 12.6. The zero-order chi connectivity index (χ0) is 18.6. The van der Waals surface area contributed by atoms with Crippen LogP contribution in [0.25, 0.3) is 0 Å². The lowest BCUT2D eigenvalue weighted by atomic mass is 9.45. The number of fused-ring (bicyclic) bond motifs is 3. The summed E-state index contributed by atoms with van der Waals surface area (Å²) in [4.78, 5) is 12.6. The van der Waals surface area contributed by atoms with E-state index in [9.17, 15) is 15.0 Å². The van der Waals surface area contributed by atoms with Crippen LogP contribution >= 0.6 is 0 Å². The normalized spacial score (nSPS) is 46.9. The third-order valence-corrected chi connectivity index (χ3v) is 8.04. The Bertz CT molecular complexity index is 582. The van der Waals surface area contributed by atoms with Crippen LogP contribution in [-0.2, 0) is 9.53 Å². The van der Waals surface area contributed by atoms with Crippen LogP contribution in [0.3, 0.4) is 0 Å². The molecule has 142 valence electrons. The van der Waals surface area contributed by atoms with E-state index in [0.717, 1.165) is 37.7 Å². The topological polar surface area (TPSA) is 66.8 Å². The molecular formula is C21H34O4. The van der Waals surface area contributed by atoms with Crippen molar-refractivity contribution >= 4 is 5.97 Å². The first-order chi connectivity index (χ1) is 11.6. The van der Waals surface area contributed by atoms with Crippen LogP contribution in [0.4, 0.5) is 0 Å². The molecule has 4 nitrogen and oxygen atoms in total. The minimum Gasteiger partial charge on any atom is -0.469 e. The molecular weight excluding hydrogens is 316 g/mol. The number of esters is 1. The Labute approximate surface area is 151 Å². The van der Waals surface area contributed by atoms with E-state index in [-0.39, 0.29) is 29.1 Å². The van der Waals surface area contributed by atoms with Gasteiger partial charge in [0, 0.05) is 0 Å². The molecule has 2 fully saturated rings. The quantitative estimate of drug-likeness (QED) is 0.591. The highest BCUT2D eigenvalue weighted by molar-refractivity contribution is 5.77. The van der Waals surface area contributed by atoms with Gasteiger partial charge in [-0.2, -0.15) is 0 Å². The first kappa shape index (κ1) is 18.9. The van der Waals surface area contributed by atoms with Crippen molar-refractivity contribution in [2.24, 2.45) is 28.6 Å². The second-order valence-electron chi connectivity index (χ2n) is 9.40. The van der Waals surface area contributed by atoms with E-state index in [2.05, 4.69) is 19.9 Å². The number of rotatable bonds is 2. The van der Waals surface area contributed by atoms with E-state index in [0.29, 0.717) is 6.42 Å². The van der Waals surface area contributed by atoms with E-state index < -0.39 is 17.1 Å². The summed E-state index contributed by atoms with van der Waals surface area (Å²) in [6.45, 7) is 8.31. The molecule has 2 N–H and O–H groups in total. The molecule has 0 aromatic carbocycles. The van der Waals surface area contributed by atoms with Crippen LogP contribution in [0.15, 0.2) is 11.6 Å². The molecule has 0 aromatic heterocycles. The fourth-order valence-electron chi connectivity index (χ4n) is 6.32. The van der Waals surface area contributed by atoms with Gasteiger partial charge in [-0.15, -0.1) is 0 Å². The number of carbonyl (C=O) groups is 1. The van der Waals surface area contributed by atoms with Gasteiger partial charge in [0.05, 0.1) is 18.1 Å². The Balaban J connectivity index is 2.00. The highest BCUT2D eigenvalue weighted by Gasteiger charge is 2.60. The molecule has 0 heterocycles. The number of aliphatic hydroxyl groups is 2. The van der Waals surface area contributed by atoms with Gasteiger partial charge in [0.25, 0.3) is 0 Å². The molecule has 0 spiro atoms. The maximum absolute atomic E-state index is 12.6. The van der Waals surface area contributed by atoms with E-state index >= 15 is 0 Å². The molecule has 2 unspecified atom stereocenters. The zero-order valence-electron chi connectivity index (χ0n) is 16.3. The van der Waals surface area contributed by atoms with Gasteiger partial charge in [-0.05, 0) is 67.8 Å². The second-order valence-corrected chi connectivity index (χ2v) is 9.40. The highest BCUT2D eigenvalue weighted by atomic mass is 16.5. The van der Waals surface area contributed by atoms with Crippen molar-refractivity contribution in [3.63, 3.8) is 0 Å². The van der Waals surface area contributed by atoms with Gasteiger partial charge >= 0.3 is 5.97 Å². The average molecular weight is 350 g/mol. The van der Waals surface area contributed by atoms with Gasteiger partial charge in [0.15, 0.2) is 0 Å². The third kappa shape index (κ3) is 2.51. The molecule has 3 aliphatic carbocycles. The number of methoxy groups -OCH3 is 1. The van der Waals surface area contributed by atoms with Crippen molar-refractivity contribution in [1.29, 1.82) is 0 Å². The SMILES string of the molecule is COC(=O)[C@]1(C)CCC[C@]2(C)C3CC[C@@](O)(C(C)C)[C@H](O)C3=CCC21. The fraction of sp³-hybridized carbons (Fsp3) is 0.857. The number of allylic oxidation sites excluding steroid dienone is 1. The van der Waals surface area contributed by atoms with E-state index in [1.807, 2.05) is 13.8 Å². The second kappa shape index (κ2) is 6.09. The lowest BCUT2D eigenvalue weighted by Crippen LogP contribution is -2.59. The summed E-state index contributed by atoms with van der Waals surface area (Å²) in [7, 11) is 1.48. The minimum absolute atomic E-state index is 0.0153. The molecule has 0 aromatic rings. The zero-order valence-corrected chi connectivity index (χ0v) is 16.3. The van der Waals surface area contributed by atoms with Gasteiger partial charge in [0.2, 0.25) is 0 Å². The summed E-state index contributed by atoms with van der Waals surface area (Å²) < 4.78 is 5.16. The molecule has 4 heteroatoms. The summed E-state index contributed by atoms with van der Waals surface area (Å²) in [6, 6.07) is 0. The predicted molar refractivity (Wildman–Crippen MR) is 96.8 cm³/mol. The Morgan fingerprint density at radius 3 is 2.56 bits per heavy atom. The van der Waals surface area contributed by atoms with Crippen LogP contribution in [-0.4, -0.2) is 35.0 Å². The lowest BCUT2D eigenvalue weighted by molar-refractivity contribution is -0.171. The molecule has 0 bridgehead atoms. The molecule has 0 radical (unpaired) electrons. The van der Waals surface area contributed by atoms with Crippen LogP contribution in [0.2, 0.25) is 0 Å². The molecule has 2 saturated carbocycles. The highest BCUT2D eigenvalue weighted by Crippen LogP contribution is 2.63. The van der Waals surface area contributed by atoms with Crippen molar-refractivity contribution in [2.45, 2.75) is 77.9 Å². The van der Waals surface area contributed by atoms with Crippen molar-refractivity contribution < 1.29 is 19.7 Å². The molecule has 3 rings (SSSR count). The van der Waals surface area contributed by atoms with Crippen LogP contribution < -0.4 is 0 Å². The van der Waals surface area contributed by atoms with Crippen molar-refractivity contribution in [3.8, 4) is 0 Å². The molecule has 3 aliphatic rings. The summed E-state index contributed by atoms with van der Waals surface area (Å²) >= 11 is 0. The number of aliphatic hydroxyl groups excluding tert-OH is 1. The smallest absolute Gasteiger partial charge is 0.311 e. The number of hydrogen-bond acceptors (Lipinski definition) is 4. The number of carbonyl (C=O) groups excluding carboxylic acids is 1. The van der Waals surface area contributed by atoms with Crippen molar-refractivity contribution in [2.75, 3.05) is 7.11 Å².